The molecular weight excluding hydrogens is 260 g/mol. The second kappa shape index (κ2) is 6.35. The summed E-state index contributed by atoms with van der Waals surface area (Å²) in [6.07, 6.45) is 3.52. The van der Waals surface area contributed by atoms with E-state index in [0.29, 0.717) is 18.6 Å². The van der Waals surface area contributed by atoms with E-state index >= 15 is 0 Å². The first kappa shape index (κ1) is 15.0. The van der Waals surface area contributed by atoms with Crippen LogP contribution in [0.25, 0.3) is 0 Å². The predicted octanol–water partition coefficient (Wildman–Crippen LogP) is 2.38. The highest BCUT2D eigenvalue weighted by molar-refractivity contribution is 7.99. The number of thioether (sulfide) groups is 1. The van der Waals surface area contributed by atoms with Crippen LogP contribution in [-0.4, -0.2) is 41.8 Å². The predicted molar refractivity (Wildman–Crippen MR) is 79.6 cm³/mol. The van der Waals surface area contributed by atoms with E-state index in [-0.39, 0.29) is 6.09 Å². The van der Waals surface area contributed by atoms with Gasteiger partial charge >= 0.3 is 6.09 Å². The molecule has 2 atom stereocenters. The van der Waals surface area contributed by atoms with Gasteiger partial charge in [0.25, 0.3) is 0 Å². The Morgan fingerprint density at radius 2 is 2.11 bits per heavy atom. The molecule has 19 heavy (non-hydrogen) atoms. The first-order valence-corrected chi connectivity index (χ1v) is 8.40. The molecule has 0 unspecified atom stereocenters. The molecule has 0 spiro atoms. The van der Waals surface area contributed by atoms with Crippen molar-refractivity contribution in [2.45, 2.75) is 57.7 Å². The van der Waals surface area contributed by atoms with Crippen LogP contribution in [0.1, 0.15) is 40.0 Å². The summed E-state index contributed by atoms with van der Waals surface area (Å²) in [6, 6.07) is 1.03. The van der Waals surface area contributed by atoms with Crippen LogP contribution < -0.4 is 10.6 Å². The fourth-order valence-corrected chi connectivity index (χ4v) is 3.50. The first-order chi connectivity index (χ1) is 8.94. The van der Waals surface area contributed by atoms with Crippen LogP contribution in [0.15, 0.2) is 0 Å². The minimum atomic E-state index is -0.422. The van der Waals surface area contributed by atoms with Gasteiger partial charge in [0.1, 0.15) is 5.60 Å². The smallest absolute Gasteiger partial charge is 0.407 e. The first-order valence-electron chi connectivity index (χ1n) is 7.25. The molecule has 1 heterocycles. The lowest BCUT2D eigenvalue weighted by Crippen LogP contribution is -2.47. The number of amides is 1. The minimum absolute atomic E-state index is 0.305. The maximum atomic E-state index is 11.7. The maximum absolute atomic E-state index is 11.7. The van der Waals surface area contributed by atoms with Gasteiger partial charge in [-0.15, -0.1) is 0 Å². The van der Waals surface area contributed by atoms with Crippen LogP contribution in [0.3, 0.4) is 0 Å². The van der Waals surface area contributed by atoms with Gasteiger partial charge in [0.2, 0.25) is 0 Å². The van der Waals surface area contributed by atoms with Crippen molar-refractivity contribution < 1.29 is 9.53 Å². The van der Waals surface area contributed by atoms with Crippen molar-refractivity contribution >= 4 is 17.9 Å². The van der Waals surface area contributed by atoms with Crippen molar-refractivity contribution in [1.82, 2.24) is 10.6 Å². The average Bonchev–Trinajstić information content (AvgIpc) is 3.00. The van der Waals surface area contributed by atoms with Gasteiger partial charge in [-0.05, 0) is 51.7 Å². The van der Waals surface area contributed by atoms with Gasteiger partial charge in [-0.3, -0.25) is 0 Å². The van der Waals surface area contributed by atoms with Gasteiger partial charge in [-0.1, -0.05) is 0 Å². The Balaban J connectivity index is 1.72. The monoisotopic (exact) mass is 286 g/mol. The van der Waals surface area contributed by atoms with Gasteiger partial charge in [0, 0.05) is 24.4 Å². The molecule has 0 aromatic rings. The molecule has 2 fully saturated rings. The van der Waals surface area contributed by atoms with Gasteiger partial charge in [-0.25, -0.2) is 4.79 Å². The van der Waals surface area contributed by atoms with Crippen molar-refractivity contribution in [2.75, 3.05) is 18.1 Å². The van der Waals surface area contributed by atoms with Crippen LogP contribution in [-0.2, 0) is 4.74 Å². The summed E-state index contributed by atoms with van der Waals surface area (Å²) in [4.78, 5) is 11.7. The molecule has 0 aromatic carbocycles. The standard InChI is InChI=1S/C14H26N2O2S/c1-14(2,3)18-13(17)15-8-12(10-4-5-10)16-11-6-7-19-9-11/h10-12,16H,4-9H2,1-3H3,(H,15,17)/t11-,12-/m1/s1. The number of rotatable bonds is 5. The molecule has 1 amide bonds. The number of nitrogens with one attached hydrogen (secondary N) is 2. The minimum Gasteiger partial charge on any atom is -0.444 e. The van der Waals surface area contributed by atoms with Gasteiger partial charge < -0.3 is 15.4 Å². The lowest BCUT2D eigenvalue weighted by atomic mass is 10.1. The molecule has 4 nitrogen and oxygen atoms in total. The SMILES string of the molecule is CC(C)(C)OC(=O)NC[C@@H](N[C@@H]1CCSC1)C1CC1. The van der Waals surface area contributed by atoms with E-state index in [1.807, 2.05) is 32.5 Å². The molecule has 1 saturated carbocycles. The summed E-state index contributed by atoms with van der Waals surface area (Å²) in [7, 11) is 0. The Morgan fingerprint density at radius 1 is 1.37 bits per heavy atom. The third kappa shape index (κ3) is 5.61. The third-order valence-electron chi connectivity index (χ3n) is 3.44. The van der Waals surface area contributed by atoms with Crippen LogP contribution in [0.4, 0.5) is 4.79 Å². The zero-order valence-corrected chi connectivity index (χ0v) is 13.0. The quantitative estimate of drug-likeness (QED) is 0.815. The van der Waals surface area contributed by atoms with Crippen molar-refractivity contribution in [3.63, 3.8) is 0 Å². The molecule has 2 aliphatic rings. The van der Waals surface area contributed by atoms with Crippen molar-refractivity contribution in [2.24, 2.45) is 5.92 Å². The molecule has 1 saturated heterocycles. The number of carbonyl (C=O) groups excluding carboxylic acids is 1. The van der Waals surface area contributed by atoms with E-state index in [9.17, 15) is 4.79 Å². The Labute approximate surface area is 120 Å². The molecular formula is C14H26N2O2S. The maximum Gasteiger partial charge on any atom is 0.407 e. The summed E-state index contributed by atoms with van der Waals surface area (Å²) in [5.74, 6) is 3.20. The largest absolute Gasteiger partial charge is 0.444 e. The highest BCUT2D eigenvalue weighted by Gasteiger charge is 2.33. The van der Waals surface area contributed by atoms with Crippen LogP contribution in [0.2, 0.25) is 0 Å². The van der Waals surface area contributed by atoms with Crippen LogP contribution in [0, 0.1) is 5.92 Å². The number of hydrogen-bond acceptors (Lipinski definition) is 4. The van der Waals surface area contributed by atoms with Crippen molar-refractivity contribution in [3.05, 3.63) is 0 Å². The third-order valence-corrected chi connectivity index (χ3v) is 4.60. The highest BCUT2D eigenvalue weighted by atomic mass is 32.2. The Kier molecular flexibility index (Phi) is 5.01. The van der Waals surface area contributed by atoms with Crippen LogP contribution >= 0.6 is 11.8 Å². The molecule has 2 rings (SSSR count). The summed E-state index contributed by atoms with van der Waals surface area (Å²) in [5, 5.41) is 6.61. The molecule has 1 aliphatic carbocycles. The molecule has 0 radical (unpaired) electrons. The van der Waals surface area contributed by atoms with E-state index in [1.165, 1.54) is 30.8 Å². The normalized spacial score (nSPS) is 25.1. The Bertz CT molecular complexity index is 307. The number of ether oxygens (including phenoxy) is 1. The molecule has 1 aliphatic heterocycles. The number of alkyl carbamates (subject to hydrolysis) is 1. The summed E-state index contributed by atoms with van der Waals surface area (Å²) in [5.41, 5.74) is -0.422. The second-order valence-electron chi connectivity index (χ2n) is 6.55. The lowest BCUT2D eigenvalue weighted by Gasteiger charge is -2.24. The fraction of sp³-hybridized carbons (Fsp3) is 0.929. The van der Waals surface area contributed by atoms with Crippen LogP contribution in [0.5, 0.6) is 0 Å². The topological polar surface area (TPSA) is 50.4 Å². The Hall–Kier alpha value is -0.420. The molecule has 110 valence electrons. The zero-order valence-electron chi connectivity index (χ0n) is 12.2. The van der Waals surface area contributed by atoms with E-state index < -0.39 is 5.60 Å². The highest BCUT2D eigenvalue weighted by Crippen LogP contribution is 2.33. The van der Waals surface area contributed by atoms with Gasteiger partial charge in [-0.2, -0.15) is 11.8 Å². The van der Waals surface area contributed by atoms with Gasteiger partial charge in [0.15, 0.2) is 0 Å². The van der Waals surface area contributed by atoms with E-state index in [1.54, 1.807) is 0 Å². The lowest BCUT2D eigenvalue weighted by molar-refractivity contribution is 0.0520. The van der Waals surface area contributed by atoms with E-state index in [2.05, 4.69) is 10.6 Å². The van der Waals surface area contributed by atoms with Gasteiger partial charge in [0.05, 0.1) is 0 Å². The van der Waals surface area contributed by atoms with Crippen molar-refractivity contribution in [1.29, 1.82) is 0 Å². The zero-order chi connectivity index (χ0) is 13.9. The summed E-state index contributed by atoms with van der Waals surface area (Å²) in [6.45, 7) is 6.34. The molecule has 0 aromatic heterocycles. The Morgan fingerprint density at radius 3 is 2.63 bits per heavy atom. The molecule has 2 N–H and O–H groups in total. The van der Waals surface area contributed by atoms with E-state index in [0.717, 1.165) is 5.92 Å². The average molecular weight is 286 g/mol. The van der Waals surface area contributed by atoms with E-state index in [4.69, 9.17) is 4.74 Å². The molecule has 5 heteroatoms. The van der Waals surface area contributed by atoms with Crippen molar-refractivity contribution in [3.8, 4) is 0 Å². The summed E-state index contributed by atoms with van der Waals surface area (Å²) >= 11 is 2.01. The number of hydrogen-bond donors (Lipinski definition) is 2. The second-order valence-corrected chi connectivity index (χ2v) is 7.70. The fourth-order valence-electron chi connectivity index (χ4n) is 2.34. The summed E-state index contributed by atoms with van der Waals surface area (Å²) < 4.78 is 5.28. The number of carbonyl (C=O) groups is 1. The molecule has 0 bridgehead atoms.